The third-order valence-electron chi connectivity index (χ3n) is 3.11. The Morgan fingerprint density at radius 3 is 3.06 bits per heavy atom. The number of piperidine rings is 1. The van der Waals surface area contributed by atoms with Crippen LogP contribution < -0.4 is 10.6 Å². The van der Waals surface area contributed by atoms with E-state index in [1.165, 1.54) is 19.3 Å². The average Bonchev–Trinajstić information content (AvgIpc) is 2.36. The van der Waals surface area contributed by atoms with Crippen LogP contribution in [0.25, 0.3) is 0 Å². The van der Waals surface area contributed by atoms with E-state index in [4.69, 9.17) is 4.74 Å². The van der Waals surface area contributed by atoms with Gasteiger partial charge in [0.1, 0.15) is 6.61 Å². The minimum atomic E-state index is 0.00931. The van der Waals surface area contributed by atoms with E-state index in [9.17, 15) is 4.79 Å². The van der Waals surface area contributed by atoms with E-state index in [0.29, 0.717) is 12.6 Å². The summed E-state index contributed by atoms with van der Waals surface area (Å²) in [4.78, 5) is 11.3. The van der Waals surface area contributed by atoms with Gasteiger partial charge in [0.2, 0.25) is 5.91 Å². The van der Waals surface area contributed by atoms with Gasteiger partial charge in [-0.25, -0.2) is 0 Å². The van der Waals surface area contributed by atoms with Crippen LogP contribution in [0.1, 0.15) is 45.4 Å². The van der Waals surface area contributed by atoms with Crippen LogP contribution in [0, 0.1) is 0 Å². The second kappa shape index (κ2) is 9.42. The van der Waals surface area contributed by atoms with Gasteiger partial charge in [0.15, 0.2) is 0 Å². The molecule has 100 valence electrons. The third-order valence-corrected chi connectivity index (χ3v) is 3.11. The Hall–Kier alpha value is -0.610. The molecule has 17 heavy (non-hydrogen) atoms. The van der Waals surface area contributed by atoms with Crippen LogP contribution in [0.2, 0.25) is 0 Å². The maximum atomic E-state index is 11.3. The smallest absolute Gasteiger partial charge is 0.245 e. The summed E-state index contributed by atoms with van der Waals surface area (Å²) in [5, 5.41) is 6.31. The maximum Gasteiger partial charge on any atom is 0.245 e. The number of hydrogen-bond acceptors (Lipinski definition) is 3. The molecule has 1 rings (SSSR count). The summed E-state index contributed by atoms with van der Waals surface area (Å²) in [6, 6.07) is 0.590. The van der Waals surface area contributed by atoms with Crippen molar-refractivity contribution >= 4 is 5.91 Å². The minimum absolute atomic E-state index is 0.00931. The SMILES string of the molecule is CCCCNC(=O)COCCC1CCCCN1. The zero-order chi connectivity index (χ0) is 12.3. The van der Waals surface area contributed by atoms with E-state index < -0.39 is 0 Å². The molecule has 1 aliphatic heterocycles. The molecule has 1 fully saturated rings. The average molecular weight is 242 g/mol. The number of carbonyl (C=O) groups excluding carboxylic acids is 1. The molecule has 0 aliphatic carbocycles. The number of amides is 1. The molecule has 1 amide bonds. The number of rotatable bonds is 8. The Morgan fingerprint density at radius 1 is 1.47 bits per heavy atom. The van der Waals surface area contributed by atoms with Crippen molar-refractivity contribution in [3.8, 4) is 0 Å². The lowest BCUT2D eigenvalue weighted by molar-refractivity contribution is -0.125. The summed E-state index contributed by atoms with van der Waals surface area (Å²) in [6.07, 6.45) is 7.01. The molecular formula is C13H26N2O2. The monoisotopic (exact) mass is 242 g/mol. The first kappa shape index (κ1) is 14.5. The predicted molar refractivity (Wildman–Crippen MR) is 69.0 cm³/mol. The first-order valence-electron chi connectivity index (χ1n) is 6.90. The number of ether oxygens (including phenoxy) is 1. The Labute approximate surface area is 104 Å². The van der Waals surface area contributed by atoms with E-state index in [2.05, 4.69) is 17.6 Å². The van der Waals surface area contributed by atoms with Gasteiger partial charge in [-0.05, 0) is 32.2 Å². The Balaban J connectivity index is 1.90. The maximum absolute atomic E-state index is 11.3. The van der Waals surface area contributed by atoms with Crippen LogP contribution in [-0.2, 0) is 9.53 Å². The van der Waals surface area contributed by atoms with Gasteiger partial charge in [-0.2, -0.15) is 0 Å². The highest BCUT2D eigenvalue weighted by Crippen LogP contribution is 2.09. The van der Waals surface area contributed by atoms with Crippen LogP contribution in [-0.4, -0.2) is 38.3 Å². The summed E-state index contributed by atoms with van der Waals surface area (Å²) in [6.45, 7) is 4.89. The highest BCUT2D eigenvalue weighted by molar-refractivity contribution is 5.77. The van der Waals surface area contributed by atoms with Crippen molar-refractivity contribution in [3.05, 3.63) is 0 Å². The number of hydrogen-bond donors (Lipinski definition) is 2. The second-order valence-electron chi connectivity index (χ2n) is 4.69. The van der Waals surface area contributed by atoms with Gasteiger partial charge in [-0.15, -0.1) is 0 Å². The first-order valence-corrected chi connectivity index (χ1v) is 6.90. The quantitative estimate of drug-likeness (QED) is 0.633. The third kappa shape index (κ3) is 7.34. The van der Waals surface area contributed by atoms with Gasteiger partial charge < -0.3 is 15.4 Å². The zero-order valence-electron chi connectivity index (χ0n) is 11.0. The highest BCUT2D eigenvalue weighted by Gasteiger charge is 2.11. The van der Waals surface area contributed by atoms with Gasteiger partial charge >= 0.3 is 0 Å². The van der Waals surface area contributed by atoms with Crippen molar-refractivity contribution in [2.75, 3.05) is 26.3 Å². The minimum Gasteiger partial charge on any atom is -0.372 e. The van der Waals surface area contributed by atoms with Crippen molar-refractivity contribution < 1.29 is 9.53 Å². The summed E-state index contributed by atoms with van der Waals surface area (Å²) in [7, 11) is 0. The van der Waals surface area contributed by atoms with E-state index in [1.54, 1.807) is 0 Å². The Bertz CT molecular complexity index is 204. The lowest BCUT2D eigenvalue weighted by Crippen LogP contribution is -2.35. The molecule has 4 heteroatoms. The number of carbonyl (C=O) groups is 1. The largest absolute Gasteiger partial charge is 0.372 e. The predicted octanol–water partition coefficient (Wildman–Crippen LogP) is 1.45. The molecule has 0 aromatic rings. The zero-order valence-corrected chi connectivity index (χ0v) is 11.0. The number of nitrogens with one attached hydrogen (secondary N) is 2. The molecule has 4 nitrogen and oxygen atoms in total. The summed E-state index contributed by atoms with van der Waals surface area (Å²) < 4.78 is 5.38. The second-order valence-corrected chi connectivity index (χ2v) is 4.69. The molecule has 2 N–H and O–H groups in total. The van der Waals surface area contributed by atoms with Gasteiger partial charge in [0.25, 0.3) is 0 Å². The van der Waals surface area contributed by atoms with Crippen LogP contribution in [0.5, 0.6) is 0 Å². The fourth-order valence-electron chi connectivity index (χ4n) is 2.02. The molecule has 0 aromatic carbocycles. The van der Waals surface area contributed by atoms with E-state index >= 15 is 0 Å². The lowest BCUT2D eigenvalue weighted by atomic mass is 10.0. The first-order chi connectivity index (χ1) is 8.33. The molecule has 0 spiro atoms. The van der Waals surface area contributed by atoms with Gasteiger partial charge in [0, 0.05) is 19.2 Å². The Morgan fingerprint density at radius 2 is 2.35 bits per heavy atom. The molecule has 0 saturated carbocycles. The number of unbranched alkanes of at least 4 members (excludes halogenated alkanes) is 1. The Kier molecular flexibility index (Phi) is 8.01. The van der Waals surface area contributed by atoms with Gasteiger partial charge in [-0.1, -0.05) is 19.8 Å². The normalized spacial score (nSPS) is 20.2. The fraction of sp³-hybridized carbons (Fsp3) is 0.923. The fourth-order valence-corrected chi connectivity index (χ4v) is 2.02. The topological polar surface area (TPSA) is 50.4 Å². The van der Waals surface area contributed by atoms with E-state index in [0.717, 1.165) is 32.4 Å². The summed E-state index contributed by atoms with van der Waals surface area (Å²) in [5.74, 6) is 0.00931. The summed E-state index contributed by atoms with van der Waals surface area (Å²) >= 11 is 0. The molecule has 1 aliphatic rings. The molecule has 1 unspecified atom stereocenters. The van der Waals surface area contributed by atoms with Crippen molar-refractivity contribution in [1.29, 1.82) is 0 Å². The summed E-state index contributed by atoms with van der Waals surface area (Å²) in [5.41, 5.74) is 0. The van der Waals surface area contributed by atoms with E-state index in [-0.39, 0.29) is 12.5 Å². The molecule has 0 radical (unpaired) electrons. The highest BCUT2D eigenvalue weighted by atomic mass is 16.5. The van der Waals surface area contributed by atoms with Crippen molar-refractivity contribution in [2.45, 2.75) is 51.5 Å². The molecule has 1 atom stereocenters. The molecule has 1 heterocycles. The van der Waals surface area contributed by atoms with Crippen molar-refractivity contribution in [3.63, 3.8) is 0 Å². The lowest BCUT2D eigenvalue weighted by Gasteiger charge is -2.23. The molecular weight excluding hydrogens is 216 g/mol. The van der Waals surface area contributed by atoms with Crippen LogP contribution >= 0.6 is 0 Å². The van der Waals surface area contributed by atoms with Crippen LogP contribution in [0.4, 0.5) is 0 Å². The molecule has 1 saturated heterocycles. The van der Waals surface area contributed by atoms with E-state index in [1.807, 2.05) is 0 Å². The molecule has 0 aromatic heterocycles. The van der Waals surface area contributed by atoms with Crippen LogP contribution in [0.3, 0.4) is 0 Å². The van der Waals surface area contributed by atoms with Crippen molar-refractivity contribution in [2.24, 2.45) is 0 Å². The van der Waals surface area contributed by atoms with Crippen LogP contribution in [0.15, 0.2) is 0 Å². The van der Waals surface area contributed by atoms with Gasteiger partial charge in [0.05, 0.1) is 0 Å². The molecule has 0 bridgehead atoms. The van der Waals surface area contributed by atoms with Crippen molar-refractivity contribution in [1.82, 2.24) is 10.6 Å². The standard InChI is InChI=1S/C13H26N2O2/c1-2-3-8-15-13(16)11-17-10-7-12-6-4-5-9-14-12/h12,14H,2-11H2,1H3,(H,15,16). The van der Waals surface area contributed by atoms with Gasteiger partial charge in [-0.3, -0.25) is 4.79 Å².